The highest BCUT2D eigenvalue weighted by molar-refractivity contribution is 5.12. The molecule has 20 heavy (non-hydrogen) atoms. The quantitative estimate of drug-likeness (QED) is 0.825. The van der Waals surface area contributed by atoms with Crippen molar-refractivity contribution in [1.82, 2.24) is 5.32 Å². The first-order valence-electron chi connectivity index (χ1n) is 8.71. The molecule has 3 aliphatic carbocycles. The molecule has 0 aromatic rings. The van der Waals surface area contributed by atoms with Gasteiger partial charge in [0.25, 0.3) is 0 Å². The van der Waals surface area contributed by atoms with Gasteiger partial charge in [-0.1, -0.05) is 40.5 Å². The Morgan fingerprint density at radius 3 is 2.45 bits per heavy atom. The van der Waals surface area contributed by atoms with Crippen LogP contribution >= 0.6 is 0 Å². The van der Waals surface area contributed by atoms with Gasteiger partial charge in [0, 0.05) is 12.6 Å². The van der Waals surface area contributed by atoms with Crippen LogP contribution in [-0.2, 0) is 0 Å². The van der Waals surface area contributed by atoms with E-state index in [1.165, 1.54) is 32.1 Å². The lowest BCUT2D eigenvalue weighted by atomic mass is 9.68. The van der Waals surface area contributed by atoms with Gasteiger partial charge in [-0.15, -0.1) is 0 Å². The molecule has 0 aliphatic heterocycles. The maximum Gasteiger partial charge on any atom is 0.0774 e. The zero-order valence-corrected chi connectivity index (χ0v) is 13.8. The van der Waals surface area contributed by atoms with Crippen LogP contribution in [0.15, 0.2) is 0 Å². The van der Waals surface area contributed by atoms with Gasteiger partial charge in [0.15, 0.2) is 0 Å². The summed E-state index contributed by atoms with van der Waals surface area (Å²) in [5.41, 5.74) is 0.403. The third-order valence-corrected chi connectivity index (χ3v) is 6.97. The summed E-state index contributed by atoms with van der Waals surface area (Å²) in [4.78, 5) is 0. The third-order valence-electron chi connectivity index (χ3n) is 6.97. The van der Waals surface area contributed by atoms with Crippen LogP contribution in [0.1, 0.15) is 72.6 Å². The Bertz CT molecular complexity index is 375. The van der Waals surface area contributed by atoms with Crippen LogP contribution in [0.25, 0.3) is 0 Å². The van der Waals surface area contributed by atoms with Gasteiger partial charge in [-0.05, 0) is 54.8 Å². The normalized spacial score (nSPS) is 50.5. The average Bonchev–Trinajstić information content (AvgIpc) is 2.79. The van der Waals surface area contributed by atoms with Crippen LogP contribution in [0.3, 0.4) is 0 Å². The van der Waals surface area contributed by atoms with Gasteiger partial charge in [0.2, 0.25) is 0 Å². The molecule has 2 nitrogen and oxygen atoms in total. The minimum absolute atomic E-state index is 0.393. The van der Waals surface area contributed by atoms with Crippen molar-refractivity contribution in [3.8, 4) is 0 Å². The Morgan fingerprint density at radius 2 is 1.85 bits per heavy atom. The highest BCUT2D eigenvalue weighted by atomic mass is 16.3. The fourth-order valence-electron chi connectivity index (χ4n) is 5.90. The monoisotopic (exact) mass is 279 g/mol. The zero-order chi connectivity index (χ0) is 14.6. The number of nitrogens with one attached hydrogen (secondary N) is 1. The van der Waals surface area contributed by atoms with E-state index in [-0.39, 0.29) is 0 Å². The van der Waals surface area contributed by atoms with Gasteiger partial charge < -0.3 is 10.4 Å². The van der Waals surface area contributed by atoms with E-state index in [4.69, 9.17) is 0 Å². The molecular weight excluding hydrogens is 246 g/mol. The second kappa shape index (κ2) is 4.71. The highest BCUT2D eigenvalue weighted by Gasteiger charge is 2.59. The van der Waals surface area contributed by atoms with E-state index >= 15 is 0 Å². The first-order chi connectivity index (χ1) is 9.25. The van der Waals surface area contributed by atoms with Crippen LogP contribution in [0, 0.1) is 22.7 Å². The lowest BCUT2D eigenvalue weighted by molar-refractivity contribution is -0.0232. The molecule has 0 spiro atoms. The number of rotatable bonds is 3. The minimum Gasteiger partial charge on any atom is -0.389 e. The molecule has 116 valence electrons. The summed E-state index contributed by atoms with van der Waals surface area (Å²) in [6, 6.07) is 0.579. The van der Waals surface area contributed by atoms with Gasteiger partial charge in [-0.3, -0.25) is 0 Å². The second-order valence-electron chi connectivity index (χ2n) is 9.15. The van der Waals surface area contributed by atoms with Crippen molar-refractivity contribution in [2.75, 3.05) is 6.54 Å². The van der Waals surface area contributed by atoms with Crippen molar-refractivity contribution in [2.45, 2.75) is 84.3 Å². The Hall–Kier alpha value is -0.0800. The Balaban J connectivity index is 1.66. The first kappa shape index (κ1) is 14.8. The summed E-state index contributed by atoms with van der Waals surface area (Å²) < 4.78 is 0. The SMILES string of the molecule is CC1CCCC(O)(CNC2C3(C)CCC(C3)C2(C)C)C1. The smallest absolute Gasteiger partial charge is 0.0774 e. The van der Waals surface area contributed by atoms with E-state index in [1.54, 1.807) is 0 Å². The number of hydrogen-bond acceptors (Lipinski definition) is 2. The van der Waals surface area contributed by atoms with Crippen LogP contribution in [0.5, 0.6) is 0 Å². The molecule has 3 fully saturated rings. The van der Waals surface area contributed by atoms with Crippen molar-refractivity contribution in [2.24, 2.45) is 22.7 Å². The topological polar surface area (TPSA) is 32.3 Å². The predicted octanol–water partition coefficient (Wildman–Crippen LogP) is 3.73. The summed E-state index contributed by atoms with van der Waals surface area (Å²) >= 11 is 0. The fourth-order valence-corrected chi connectivity index (χ4v) is 5.90. The molecule has 5 unspecified atom stereocenters. The molecule has 0 radical (unpaired) electrons. The molecule has 3 saturated carbocycles. The van der Waals surface area contributed by atoms with Gasteiger partial charge >= 0.3 is 0 Å². The first-order valence-corrected chi connectivity index (χ1v) is 8.71. The molecule has 2 bridgehead atoms. The molecule has 0 aromatic heterocycles. The molecule has 3 aliphatic rings. The van der Waals surface area contributed by atoms with Crippen LogP contribution in [0.4, 0.5) is 0 Å². The molecule has 2 N–H and O–H groups in total. The Labute approximate surface area is 124 Å². The summed E-state index contributed by atoms with van der Waals surface area (Å²) in [5, 5.41) is 14.7. The van der Waals surface area contributed by atoms with E-state index in [2.05, 4.69) is 33.0 Å². The summed E-state index contributed by atoms with van der Waals surface area (Å²) in [5.74, 6) is 1.56. The summed E-state index contributed by atoms with van der Waals surface area (Å²) in [7, 11) is 0. The van der Waals surface area contributed by atoms with E-state index in [9.17, 15) is 5.11 Å². The number of hydrogen-bond donors (Lipinski definition) is 2. The van der Waals surface area contributed by atoms with Crippen LogP contribution in [-0.4, -0.2) is 23.3 Å². The summed E-state index contributed by atoms with van der Waals surface area (Å²) in [6.07, 6.45) is 8.60. The summed E-state index contributed by atoms with van der Waals surface area (Å²) in [6.45, 7) is 10.4. The van der Waals surface area contributed by atoms with Gasteiger partial charge in [0.05, 0.1) is 5.60 Å². The molecule has 0 saturated heterocycles. The molecule has 2 heteroatoms. The highest BCUT2D eigenvalue weighted by Crippen LogP contribution is 2.62. The predicted molar refractivity (Wildman–Crippen MR) is 83.6 cm³/mol. The van der Waals surface area contributed by atoms with Crippen molar-refractivity contribution in [1.29, 1.82) is 0 Å². The molecule has 5 atom stereocenters. The third kappa shape index (κ3) is 2.33. The maximum absolute atomic E-state index is 10.9. The molecular formula is C18H33NO. The standard InChI is InChI=1S/C18H33NO/c1-13-6-5-8-18(20,10-13)12-19-15-16(2,3)14-7-9-17(15,4)11-14/h13-15,19-20H,5-12H2,1-4H3. The van der Waals surface area contributed by atoms with Crippen molar-refractivity contribution in [3.63, 3.8) is 0 Å². The molecule has 0 amide bonds. The van der Waals surface area contributed by atoms with E-state index in [0.29, 0.717) is 22.8 Å². The van der Waals surface area contributed by atoms with Gasteiger partial charge in [0.1, 0.15) is 0 Å². The van der Waals surface area contributed by atoms with Crippen molar-refractivity contribution in [3.05, 3.63) is 0 Å². The molecule has 3 rings (SSSR count). The van der Waals surface area contributed by atoms with E-state index in [1.807, 2.05) is 0 Å². The molecule has 0 heterocycles. The molecule has 0 aromatic carbocycles. The largest absolute Gasteiger partial charge is 0.389 e. The Kier molecular flexibility index (Phi) is 3.49. The Morgan fingerprint density at radius 1 is 1.10 bits per heavy atom. The zero-order valence-electron chi connectivity index (χ0n) is 13.8. The van der Waals surface area contributed by atoms with Gasteiger partial charge in [-0.25, -0.2) is 0 Å². The number of fused-ring (bicyclic) bond motifs is 2. The van der Waals surface area contributed by atoms with Gasteiger partial charge in [-0.2, -0.15) is 0 Å². The number of aliphatic hydroxyl groups is 1. The second-order valence-corrected chi connectivity index (χ2v) is 9.15. The van der Waals surface area contributed by atoms with Crippen LogP contribution in [0.2, 0.25) is 0 Å². The van der Waals surface area contributed by atoms with E-state index < -0.39 is 5.60 Å². The minimum atomic E-state index is -0.452. The van der Waals surface area contributed by atoms with Crippen molar-refractivity contribution < 1.29 is 5.11 Å². The lowest BCUT2D eigenvalue weighted by Crippen LogP contribution is -2.55. The van der Waals surface area contributed by atoms with Crippen LogP contribution < -0.4 is 5.32 Å². The van der Waals surface area contributed by atoms with Crippen molar-refractivity contribution >= 4 is 0 Å². The lowest BCUT2D eigenvalue weighted by Gasteiger charge is -2.45. The fraction of sp³-hybridized carbons (Fsp3) is 1.00. The average molecular weight is 279 g/mol. The maximum atomic E-state index is 10.9. The van der Waals surface area contributed by atoms with E-state index in [0.717, 1.165) is 25.3 Å².